The van der Waals surface area contributed by atoms with Gasteiger partial charge >= 0.3 is 0 Å². The van der Waals surface area contributed by atoms with E-state index >= 15 is 0 Å². The molecule has 28 heavy (non-hydrogen) atoms. The van der Waals surface area contributed by atoms with Crippen LogP contribution in [0.2, 0.25) is 0 Å². The largest absolute Gasteiger partial charge is 0.444 e. The number of aromatic nitrogens is 1. The summed E-state index contributed by atoms with van der Waals surface area (Å²) >= 11 is 0. The van der Waals surface area contributed by atoms with Crippen LogP contribution < -0.4 is 0 Å². The fourth-order valence-electron chi connectivity index (χ4n) is 3.47. The van der Waals surface area contributed by atoms with Crippen molar-refractivity contribution in [2.75, 3.05) is 32.7 Å². The summed E-state index contributed by atoms with van der Waals surface area (Å²) in [4.78, 5) is 9.62. The van der Waals surface area contributed by atoms with E-state index in [0.29, 0.717) is 5.89 Å². The van der Waals surface area contributed by atoms with E-state index in [1.807, 2.05) is 0 Å². The molecule has 1 saturated heterocycles. The van der Waals surface area contributed by atoms with Crippen LogP contribution in [-0.4, -0.2) is 47.5 Å². The molecule has 0 aliphatic carbocycles. The molecule has 0 radical (unpaired) electrons. The molecule has 2 heterocycles. The number of aryl methyl sites for hydroxylation is 1. The zero-order valence-electron chi connectivity index (χ0n) is 16.4. The average Bonchev–Trinajstić information content (AvgIpc) is 3.19. The molecule has 4 rings (SSSR count). The highest BCUT2D eigenvalue weighted by Gasteiger charge is 2.17. The summed E-state index contributed by atoms with van der Waals surface area (Å²) in [5.74, 6) is 0.708. The number of rotatable bonds is 6. The molecule has 0 bridgehead atoms. The Bertz CT molecular complexity index is 891. The summed E-state index contributed by atoms with van der Waals surface area (Å²) < 4.78 is 5.69. The first-order valence-electron chi connectivity index (χ1n) is 9.94. The monoisotopic (exact) mass is 373 g/mol. The molecule has 0 saturated carbocycles. The topological polar surface area (TPSA) is 32.5 Å². The molecule has 4 heteroatoms. The van der Waals surface area contributed by atoms with Crippen molar-refractivity contribution in [3.05, 3.63) is 83.8 Å². The summed E-state index contributed by atoms with van der Waals surface area (Å²) in [5.41, 5.74) is 4.54. The lowest BCUT2D eigenvalue weighted by atomic mass is 10.1. The van der Waals surface area contributed by atoms with Crippen LogP contribution in [0.3, 0.4) is 0 Å². The van der Waals surface area contributed by atoms with Gasteiger partial charge in [-0.1, -0.05) is 60.2 Å². The number of nitrogens with zero attached hydrogens (tertiary/aromatic N) is 3. The lowest BCUT2D eigenvalue weighted by Gasteiger charge is -2.33. The second-order valence-corrected chi connectivity index (χ2v) is 7.40. The molecular weight excluding hydrogens is 346 g/mol. The molecule has 0 N–H and O–H groups in total. The Balaban J connectivity index is 1.24. The third-order valence-corrected chi connectivity index (χ3v) is 5.17. The van der Waals surface area contributed by atoms with E-state index in [1.165, 1.54) is 11.1 Å². The van der Waals surface area contributed by atoms with Gasteiger partial charge in [0.05, 0.1) is 5.69 Å². The van der Waals surface area contributed by atoms with Gasteiger partial charge in [-0.15, -0.1) is 0 Å². The Morgan fingerprint density at radius 3 is 2.39 bits per heavy atom. The number of oxazole rings is 1. The van der Waals surface area contributed by atoms with Crippen LogP contribution >= 0.6 is 0 Å². The van der Waals surface area contributed by atoms with Crippen molar-refractivity contribution in [2.45, 2.75) is 13.5 Å². The van der Waals surface area contributed by atoms with Crippen LogP contribution in [-0.2, 0) is 6.54 Å². The van der Waals surface area contributed by atoms with Gasteiger partial charge in [0.2, 0.25) is 5.89 Å². The predicted molar refractivity (Wildman–Crippen MR) is 114 cm³/mol. The summed E-state index contributed by atoms with van der Waals surface area (Å²) in [6.45, 7) is 8.23. The standard InChI is InChI=1S/C24H27N3O/c1-20-9-11-22(12-10-20)24-25-23(19-28-24)18-27-16-14-26(15-17-27)13-5-8-21-6-3-2-4-7-21/h2-12,19H,13-18H2,1H3/b8-5+. The van der Waals surface area contributed by atoms with Crippen molar-refractivity contribution >= 4 is 6.08 Å². The van der Waals surface area contributed by atoms with Crippen molar-refractivity contribution in [2.24, 2.45) is 0 Å². The van der Waals surface area contributed by atoms with Crippen LogP contribution in [0, 0.1) is 6.92 Å². The van der Waals surface area contributed by atoms with Gasteiger partial charge in [-0.2, -0.15) is 0 Å². The van der Waals surface area contributed by atoms with Crippen molar-refractivity contribution in [3.63, 3.8) is 0 Å². The Morgan fingerprint density at radius 1 is 0.929 bits per heavy atom. The molecule has 1 aliphatic rings. The second-order valence-electron chi connectivity index (χ2n) is 7.40. The molecule has 1 fully saturated rings. The van der Waals surface area contributed by atoms with Crippen LogP contribution in [0.15, 0.2) is 71.4 Å². The Morgan fingerprint density at radius 2 is 1.64 bits per heavy atom. The van der Waals surface area contributed by atoms with Gasteiger partial charge in [-0.05, 0) is 24.6 Å². The SMILES string of the molecule is Cc1ccc(-c2nc(CN3CCN(C/C=C/c4ccccc4)CC3)co2)cc1. The lowest BCUT2D eigenvalue weighted by molar-refractivity contribution is 0.136. The maximum Gasteiger partial charge on any atom is 0.226 e. The third-order valence-electron chi connectivity index (χ3n) is 5.17. The first kappa shape index (κ1) is 18.7. The second kappa shape index (κ2) is 9.00. The molecule has 4 nitrogen and oxygen atoms in total. The Hall–Kier alpha value is -2.69. The van der Waals surface area contributed by atoms with Gasteiger partial charge in [-0.3, -0.25) is 9.80 Å². The van der Waals surface area contributed by atoms with E-state index in [2.05, 4.69) is 88.5 Å². The van der Waals surface area contributed by atoms with E-state index in [4.69, 9.17) is 4.42 Å². The van der Waals surface area contributed by atoms with Gasteiger partial charge in [0, 0.05) is 44.8 Å². The maximum atomic E-state index is 5.69. The van der Waals surface area contributed by atoms with Crippen molar-refractivity contribution < 1.29 is 4.42 Å². The minimum Gasteiger partial charge on any atom is -0.444 e. The number of benzene rings is 2. The van der Waals surface area contributed by atoms with Gasteiger partial charge in [-0.25, -0.2) is 4.98 Å². The number of hydrogen-bond acceptors (Lipinski definition) is 4. The quantitative estimate of drug-likeness (QED) is 0.638. The number of hydrogen-bond donors (Lipinski definition) is 0. The fourth-order valence-corrected chi connectivity index (χ4v) is 3.47. The summed E-state index contributed by atoms with van der Waals surface area (Å²) in [5, 5.41) is 0. The molecule has 0 atom stereocenters. The highest BCUT2D eigenvalue weighted by atomic mass is 16.3. The lowest BCUT2D eigenvalue weighted by Crippen LogP contribution is -2.45. The fraction of sp³-hybridized carbons (Fsp3) is 0.292. The van der Waals surface area contributed by atoms with Crippen molar-refractivity contribution in [3.8, 4) is 11.5 Å². The molecule has 1 aliphatic heterocycles. The van der Waals surface area contributed by atoms with Crippen LogP contribution in [0.1, 0.15) is 16.8 Å². The van der Waals surface area contributed by atoms with Crippen molar-refractivity contribution in [1.82, 2.24) is 14.8 Å². The maximum absolute atomic E-state index is 5.69. The van der Waals surface area contributed by atoms with Gasteiger partial charge in [0.25, 0.3) is 0 Å². The Kier molecular flexibility index (Phi) is 6.00. The van der Waals surface area contributed by atoms with Gasteiger partial charge in [0.15, 0.2) is 0 Å². The van der Waals surface area contributed by atoms with Crippen molar-refractivity contribution in [1.29, 1.82) is 0 Å². The molecule has 0 spiro atoms. The smallest absolute Gasteiger partial charge is 0.226 e. The molecule has 0 amide bonds. The molecule has 144 valence electrons. The minimum absolute atomic E-state index is 0.708. The normalized spacial score (nSPS) is 16.0. The molecule has 3 aromatic rings. The predicted octanol–water partition coefficient (Wildman–Crippen LogP) is 4.48. The van der Waals surface area contributed by atoms with Gasteiger partial charge in [0.1, 0.15) is 6.26 Å². The van der Waals surface area contributed by atoms with E-state index in [9.17, 15) is 0 Å². The molecular formula is C24H27N3O. The highest BCUT2D eigenvalue weighted by molar-refractivity contribution is 5.53. The zero-order valence-corrected chi connectivity index (χ0v) is 16.4. The van der Waals surface area contributed by atoms with E-state index in [1.54, 1.807) is 6.26 Å². The minimum atomic E-state index is 0.708. The van der Waals surface area contributed by atoms with E-state index in [-0.39, 0.29) is 0 Å². The van der Waals surface area contributed by atoms with Crippen LogP contribution in [0.5, 0.6) is 0 Å². The zero-order chi connectivity index (χ0) is 19.2. The highest BCUT2D eigenvalue weighted by Crippen LogP contribution is 2.20. The van der Waals surface area contributed by atoms with Gasteiger partial charge < -0.3 is 4.42 Å². The summed E-state index contributed by atoms with van der Waals surface area (Å²) in [6, 6.07) is 18.8. The van der Waals surface area contributed by atoms with Crippen LogP contribution in [0.25, 0.3) is 17.5 Å². The average molecular weight is 374 g/mol. The summed E-state index contributed by atoms with van der Waals surface area (Å²) in [7, 11) is 0. The molecule has 0 unspecified atom stereocenters. The Labute approximate surface area is 167 Å². The van der Waals surface area contributed by atoms with E-state index in [0.717, 1.165) is 50.5 Å². The third kappa shape index (κ3) is 4.97. The first-order chi connectivity index (χ1) is 13.8. The first-order valence-corrected chi connectivity index (χ1v) is 9.94. The molecule has 2 aromatic carbocycles. The molecule has 1 aromatic heterocycles. The summed E-state index contributed by atoms with van der Waals surface area (Å²) in [6.07, 6.45) is 6.26. The van der Waals surface area contributed by atoms with Crippen LogP contribution in [0.4, 0.5) is 0 Å². The van der Waals surface area contributed by atoms with E-state index < -0.39 is 0 Å². The number of piperazine rings is 1.